The fraction of sp³-hybridized carbons (Fsp3) is 0.375. The number of carbonyl (C=O) groups is 1. The van der Waals surface area contributed by atoms with Crippen LogP contribution in [-0.2, 0) is 9.53 Å². The molecule has 1 amide bonds. The van der Waals surface area contributed by atoms with Crippen LogP contribution in [0.15, 0.2) is 48.5 Å². The lowest BCUT2D eigenvalue weighted by Gasteiger charge is -2.31. The molecule has 1 saturated heterocycles. The number of hydrogen-bond acceptors (Lipinski definition) is 6. The zero-order chi connectivity index (χ0) is 21.6. The molecule has 1 aliphatic heterocycles. The van der Waals surface area contributed by atoms with Gasteiger partial charge in [-0.15, -0.1) is 10.2 Å². The number of anilines is 1. The van der Waals surface area contributed by atoms with E-state index >= 15 is 0 Å². The number of likely N-dealkylation sites (N-methyl/N-ethyl adjacent to an activating group) is 1. The van der Waals surface area contributed by atoms with E-state index < -0.39 is 0 Å². The molecule has 0 spiro atoms. The molecule has 1 aliphatic rings. The molecule has 3 aromatic rings. The Labute approximate surface area is 182 Å². The highest BCUT2D eigenvalue weighted by molar-refractivity contribution is 6.06. The van der Waals surface area contributed by atoms with Gasteiger partial charge >= 0.3 is 0 Å². The average Bonchev–Trinajstić information content (AvgIpc) is 2.80. The molecule has 0 aliphatic carbocycles. The quantitative estimate of drug-likeness (QED) is 0.458. The third kappa shape index (κ3) is 4.68. The van der Waals surface area contributed by atoms with Crippen LogP contribution in [0.3, 0.4) is 0 Å². The van der Waals surface area contributed by atoms with Gasteiger partial charge < -0.3 is 14.8 Å². The molecule has 2 aromatic carbocycles. The molecule has 31 heavy (non-hydrogen) atoms. The van der Waals surface area contributed by atoms with Crippen LogP contribution in [0.25, 0.3) is 22.0 Å². The molecular weight excluding hydrogens is 392 g/mol. The van der Waals surface area contributed by atoms with E-state index in [9.17, 15) is 4.79 Å². The number of benzene rings is 2. The smallest absolute Gasteiger partial charge is 0.242 e. The van der Waals surface area contributed by atoms with Crippen LogP contribution in [0.1, 0.15) is 26.2 Å². The molecule has 7 heteroatoms. The number of carbonyl (C=O) groups excluding carboxylic acids is 1. The molecule has 1 aromatic heterocycles. The number of nitrogens with zero attached hydrogens (tertiary/aromatic N) is 3. The first-order valence-electron chi connectivity index (χ1n) is 10.8. The third-order valence-corrected chi connectivity index (χ3v) is 5.65. The molecule has 0 saturated carbocycles. The van der Waals surface area contributed by atoms with Gasteiger partial charge in [-0.2, -0.15) is 0 Å². The maximum absolute atomic E-state index is 12.9. The number of ether oxygens (including phenoxy) is 2. The van der Waals surface area contributed by atoms with Crippen LogP contribution >= 0.6 is 0 Å². The first kappa shape index (κ1) is 21.2. The Morgan fingerprint density at radius 1 is 1.10 bits per heavy atom. The fourth-order valence-corrected chi connectivity index (χ4v) is 3.98. The first-order valence-corrected chi connectivity index (χ1v) is 10.8. The summed E-state index contributed by atoms with van der Waals surface area (Å²) in [5.41, 5.74) is 1.53. The number of rotatable bonds is 7. The van der Waals surface area contributed by atoms with Gasteiger partial charge in [-0.1, -0.05) is 42.8 Å². The maximum atomic E-state index is 12.9. The maximum Gasteiger partial charge on any atom is 0.242 e. The van der Waals surface area contributed by atoms with Crippen LogP contribution in [-0.4, -0.2) is 54.0 Å². The van der Waals surface area contributed by atoms with Gasteiger partial charge in [-0.25, -0.2) is 0 Å². The van der Waals surface area contributed by atoms with Crippen molar-refractivity contribution in [2.75, 3.05) is 32.3 Å². The van der Waals surface area contributed by atoms with E-state index in [0.29, 0.717) is 23.9 Å². The summed E-state index contributed by atoms with van der Waals surface area (Å²) in [5.74, 6) is 1.13. The zero-order valence-electron chi connectivity index (χ0n) is 18.0. The van der Waals surface area contributed by atoms with E-state index in [2.05, 4.69) is 20.4 Å². The molecule has 162 valence electrons. The second-order valence-corrected chi connectivity index (χ2v) is 7.68. The number of piperidine rings is 1. The van der Waals surface area contributed by atoms with Gasteiger partial charge in [0.05, 0.1) is 6.04 Å². The number of nitrogens with one attached hydrogen (secondary N) is 1. The predicted octanol–water partition coefficient (Wildman–Crippen LogP) is 4.09. The Morgan fingerprint density at radius 2 is 1.87 bits per heavy atom. The van der Waals surface area contributed by atoms with Crippen molar-refractivity contribution in [1.82, 2.24) is 15.1 Å². The summed E-state index contributed by atoms with van der Waals surface area (Å²) in [6.45, 7) is 3.60. The summed E-state index contributed by atoms with van der Waals surface area (Å²) >= 11 is 0. The van der Waals surface area contributed by atoms with Gasteiger partial charge in [-0.3, -0.25) is 9.69 Å². The minimum atomic E-state index is -0.137. The van der Waals surface area contributed by atoms with Gasteiger partial charge in [0.15, 0.2) is 12.6 Å². The van der Waals surface area contributed by atoms with Crippen molar-refractivity contribution in [2.24, 2.45) is 0 Å². The lowest BCUT2D eigenvalue weighted by Crippen LogP contribution is -2.44. The van der Waals surface area contributed by atoms with Crippen LogP contribution in [0.2, 0.25) is 0 Å². The Kier molecular flexibility index (Phi) is 6.74. The molecule has 4 rings (SSSR count). The predicted molar refractivity (Wildman–Crippen MR) is 121 cm³/mol. The minimum Gasteiger partial charge on any atom is -0.467 e. The highest BCUT2D eigenvalue weighted by atomic mass is 16.7. The number of para-hydroxylation sites is 1. The summed E-state index contributed by atoms with van der Waals surface area (Å²) in [7, 11) is 2.00. The van der Waals surface area contributed by atoms with Crippen LogP contribution in [0.4, 0.5) is 5.82 Å². The zero-order valence-corrected chi connectivity index (χ0v) is 18.0. The number of amides is 1. The van der Waals surface area contributed by atoms with E-state index in [1.807, 2.05) is 62.5 Å². The Hall–Kier alpha value is -3.03. The number of hydrogen-bond donors (Lipinski definition) is 1. The number of fused-ring (bicyclic) bond motifs is 1. The van der Waals surface area contributed by atoms with Gasteiger partial charge in [-0.05, 0) is 45.5 Å². The van der Waals surface area contributed by atoms with Crippen LogP contribution in [0.5, 0.6) is 5.75 Å². The van der Waals surface area contributed by atoms with E-state index in [1.54, 1.807) is 0 Å². The highest BCUT2D eigenvalue weighted by Gasteiger charge is 2.27. The van der Waals surface area contributed by atoms with Crippen molar-refractivity contribution in [3.05, 3.63) is 48.5 Å². The van der Waals surface area contributed by atoms with Gasteiger partial charge in [0.2, 0.25) is 5.91 Å². The second-order valence-electron chi connectivity index (χ2n) is 7.68. The van der Waals surface area contributed by atoms with Gasteiger partial charge in [0, 0.05) is 22.9 Å². The molecule has 1 atom stereocenters. The normalized spacial score (nSPS) is 16.9. The van der Waals surface area contributed by atoms with Gasteiger partial charge in [0.1, 0.15) is 11.4 Å². The minimum absolute atomic E-state index is 0.0325. The van der Waals surface area contributed by atoms with E-state index in [0.717, 1.165) is 42.1 Å². The Balaban J connectivity index is 1.67. The van der Waals surface area contributed by atoms with Crippen LogP contribution < -0.4 is 10.1 Å². The second kappa shape index (κ2) is 9.85. The average molecular weight is 421 g/mol. The largest absolute Gasteiger partial charge is 0.467 e. The standard InChI is InChI=1S/C24H28N4O3/c1-3-30-16-31-21-14-7-6-12-19(21)22-17-10-4-5-11-18(17)23(27-26-22)25-24(29)20-13-8-9-15-28(20)2/h4-7,10-12,14,20H,3,8-9,13,15-16H2,1-2H3,(H,25,27,29)/t20-/m0/s1. The molecule has 0 unspecified atom stereocenters. The van der Waals surface area contributed by atoms with E-state index in [-0.39, 0.29) is 18.7 Å². The molecule has 1 N–H and O–H groups in total. The van der Waals surface area contributed by atoms with Gasteiger partial charge in [0.25, 0.3) is 0 Å². The van der Waals surface area contributed by atoms with Crippen molar-refractivity contribution in [2.45, 2.75) is 32.2 Å². The lowest BCUT2D eigenvalue weighted by atomic mass is 10.0. The Morgan fingerprint density at radius 3 is 2.68 bits per heavy atom. The van der Waals surface area contributed by atoms with E-state index in [1.165, 1.54) is 0 Å². The SMILES string of the molecule is CCOCOc1ccccc1-c1nnc(NC(=O)[C@@H]2CCCCN2C)c2ccccc12. The topological polar surface area (TPSA) is 76.6 Å². The fourth-order valence-electron chi connectivity index (χ4n) is 3.98. The molecular formula is C24H28N4O3. The third-order valence-electron chi connectivity index (χ3n) is 5.65. The molecule has 7 nitrogen and oxygen atoms in total. The molecule has 1 fully saturated rings. The van der Waals surface area contributed by atoms with Crippen molar-refractivity contribution in [1.29, 1.82) is 0 Å². The van der Waals surface area contributed by atoms with Crippen molar-refractivity contribution in [3.63, 3.8) is 0 Å². The summed E-state index contributed by atoms with van der Waals surface area (Å²) < 4.78 is 11.1. The Bertz CT molecular complexity index is 1060. The summed E-state index contributed by atoms with van der Waals surface area (Å²) in [5, 5.41) is 13.6. The summed E-state index contributed by atoms with van der Waals surface area (Å²) in [6.07, 6.45) is 3.05. The van der Waals surface area contributed by atoms with Crippen molar-refractivity contribution in [3.8, 4) is 17.0 Å². The van der Waals surface area contributed by atoms with Crippen molar-refractivity contribution < 1.29 is 14.3 Å². The molecule has 2 heterocycles. The summed E-state index contributed by atoms with van der Waals surface area (Å²) in [6, 6.07) is 15.4. The number of aromatic nitrogens is 2. The van der Waals surface area contributed by atoms with Crippen LogP contribution in [0, 0.1) is 0 Å². The molecule has 0 radical (unpaired) electrons. The lowest BCUT2D eigenvalue weighted by molar-refractivity contribution is -0.121. The van der Waals surface area contributed by atoms with E-state index in [4.69, 9.17) is 9.47 Å². The van der Waals surface area contributed by atoms with Crippen molar-refractivity contribution >= 4 is 22.5 Å². The highest BCUT2D eigenvalue weighted by Crippen LogP contribution is 2.35. The molecule has 0 bridgehead atoms. The number of likely N-dealkylation sites (tertiary alicyclic amines) is 1. The monoisotopic (exact) mass is 420 g/mol. The first-order chi connectivity index (χ1) is 15.2. The summed E-state index contributed by atoms with van der Waals surface area (Å²) in [4.78, 5) is 15.0.